The van der Waals surface area contributed by atoms with Gasteiger partial charge < -0.3 is 10.0 Å². The molecule has 0 aromatic rings. The minimum atomic E-state index is -0.836. The predicted octanol–water partition coefficient (Wildman–Crippen LogP) is 3.02. The van der Waals surface area contributed by atoms with E-state index in [4.69, 9.17) is 5.11 Å². The number of nitrogens with zero attached hydrogens (tertiary/aromatic N) is 1. The summed E-state index contributed by atoms with van der Waals surface area (Å²) in [4.78, 5) is 13.1. The van der Waals surface area contributed by atoms with Crippen molar-refractivity contribution < 1.29 is 9.90 Å². The van der Waals surface area contributed by atoms with Crippen molar-refractivity contribution >= 4 is 5.97 Å². The minimum Gasteiger partial charge on any atom is -0.478 e. The first-order valence-corrected chi connectivity index (χ1v) is 5.88. The molecule has 0 aliphatic carbocycles. The monoisotopic (exact) mass is 225 g/mol. The van der Waals surface area contributed by atoms with Crippen LogP contribution in [-0.2, 0) is 4.79 Å². The molecule has 0 bridgehead atoms. The van der Waals surface area contributed by atoms with E-state index in [1.165, 1.54) is 6.42 Å². The Balaban J connectivity index is 3.05. The highest BCUT2D eigenvalue weighted by molar-refractivity contribution is 5.85. The number of carboxylic acids is 1. The van der Waals surface area contributed by atoms with Crippen LogP contribution in [0.15, 0.2) is 11.8 Å². The lowest BCUT2D eigenvalue weighted by molar-refractivity contribution is -0.132. The van der Waals surface area contributed by atoms with E-state index >= 15 is 0 Å². The first-order chi connectivity index (χ1) is 7.17. The number of likely N-dealkylation sites (tertiary alicyclic amines) is 1. The van der Waals surface area contributed by atoms with Gasteiger partial charge in [0.15, 0.2) is 0 Å². The van der Waals surface area contributed by atoms with Gasteiger partial charge in [0.05, 0.1) is 0 Å². The normalized spacial score (nSPS) is 24.3. The van der Waals surface area contributed by atoms with Crippen molar-refractivity contribution in [2.24, 2.45) is 0 Å². The lowest BCUT2D eigenvalue weighted by Gasteiger charge is -2.53. The maximum atomic E-state index is 10.9. The van der Waals surface area contributed by atoms with Gasteiger partial charge in [-0.25, -0.2) is 4.79 Å². The molecule has 92 valence electrons. The van der Waals surface area contributed by atoms with Crippen LogP contribution in [0.1, 0.15) is 53.9 Å². The zero-order valence-electron chi connectivity index (χ0n) is 11.0. The summed E-state index contributed by atoms with van der Waals surface area (Å²) in [6, 6.07) is 0. The van der Waals surface area contributed by atoms with Crippen LogP contribution >= 0.6 is 0 Å². The quantitative estimate of drug-likeness (QED) is 0.734. The average molecular weight is 225 g/mol. The highest BCUT2D eigenvalue weighted by Crippen LogP contribution is 2.38. The predicted molar refractivity (Wildman–Crippen MR) is 65.2 cm³/mol. The van der Waals surface area contributed by atoms with Crippen LogP contribution in [0.5, 0.6) is 0 Å². The van der Waals surface area contributed by atoms with E-state index in [2.05, 4.69) is 32.6 Å². The van der Waals surface area contributed by atoms with E-state index < -0.39 is 5.97 Å². The summed E-state index contributed by atoms with van der Waals surface area (Å²) in [5.74, 6) is -0.836. The number of piperidine rings is 1. The van der Waals surface area contributed by atoms with Crippen molar-refractivity contribution in [1.29, 1.82) is 0 Å². The van der Waals surface area contributed by atoms with Crippen LogP contribution in [0.25, 0.3) is 0 Å². The summed E-state index contributed by atoms with van der Waals surface area (Å²) in [6.07, 6.45) is 5.23. The standard InChI is InChI=1S/C13H23NO2/c1-10(11(15)16)9-14-12(2,3)7-6-8-13(14,4)5/h9H,6-8H2,1-5H3,(H,15,16). The second-order valence-corrected chi connectivity index (χ2v) is 5.97. The number of aliphatic carboxylic acids is 1. The number of hydrogen-bond acceptors (Lipinski definition) is 2. The van der Waals surface area contributed by atoms with Crippen LogP contribution < -0.4 is 0 Å². The van der Waals surface area contributed by atoms with Crippen molar-refractivity contribution in [3.8, 4) is 0 Å². The topological polar surface area (TPSA) is 40.5 Å². The molecule has 1 N–H and O–H groups in total. The van der Waals surface area contributed by atoms with Gasteiger partial charge in [-0.2, -0.15) is 0 Å². The van der Waals surface area contributed by atoms with Crippen LogP contribution in [0, 0.1) is 0 Å². The van der Waals surface area contributed by atoms with E-state index in [-0.39, 0.29) is 11.1 Å². The van der Waals surface area contributed by atoms with Crippen molar-refractivity contribution in [2.75, 3.05) is 0 Å². The van der Waals surface area contributed by atoms with Crippen molar-refractivity contribution in [2.45, 2.75) is 65.0 Å². The summed E-state index contributed by atoms with van der Waals surface area (Å²) in [6.45, 7) is 10.4. The molecular weight excluding hydrogens is 202 g/mol. The molecule has 1 aliphatic rings. The third-order valence-corrected chi connectivity index (χ3v) is 3.54. The Hall–Kier alpha value is -0.990. The molecule has 3 nitrogen and oxygen atoms in total. The lowest BCUT2D eigenvalue weighted by atomic mass is 9.80. The Labute approximate surface area is 98.1 Å². The zero-order valence-corrected chi connectivity index (χ0v) is 11.0. The van der Waals surface area contributed by atoms with Crippen molar-refractivity contribution in [3.63, 3.8) is 0 Å². The van der Waals surface area contributed by atoms with Crippen LogP contribution in [0.2, 0.25) is 0 Å². The van der Waals surface area contributed by atoms with Gasteiger partial charge in [0.2, 0.25) is 0 Å². The van der Waals surface area contributed by atoms with Gasteiger partial charge >= 0.3 is 5.97 Å². The molecule has 0 atom stereocenters. The molecule has 1 aliphatic heterocycles. The Morgan fingerprint density at radius 1 is 1.19 bits per heavy atom. The number of carbonyl (C=O) groups is 1. The fourth-order valence-electron chi connectivity index (χ4n) is 2.61. The van der Waals surface area contributed by atoms with Gasteiger partial charge in [-0.3, -0.25) is 0 Å². The van der Waals surface area contributed by atoms with Crippen LogP contribution in [0.4, 0.5) is 0 Å². The maximum absolute atomic E-state index is 10.9. The smallest absolute Gasteiger partial charge is 0.332 e. The molecule has 0 amide bonds. The molecule has 0 aromatic heterocycles. The molecule has 3 heteroatoms. The second-order valence-electron chi connectivity index (χ2n) is 5.97. The van der Waals surface area contributed by atoms with Gasteiger partial charge in [0, 0.05) is 22.9 Å². The largest absolute Gasteiger partial charge is 0.478 e. The maximum Gasteiger partial charge on any atom is 0.332 e. The van der Waals surface area contributed by atoms with Gasteiger partial charge in [0.1, 0.15) is 0 Å². The Morgan fingerprint density at radius 2 is 1.62 bits per heavy atom. The molecule has 1 heterocycles. The van der Waals surface area contributed by atoms with Gasteiger partial charge in [-0.05, 0) is 53.9 Å². The van der Waals surface area contributed by atoms with E-state index in [0.29, 0.717) is 5.57 Å². The summed E-state index contributed by atoms with van der Waals surface area (Å²) in [5.41, 5.74) is 0.486. The molecule has 0 saturated carbocycles. The van der Waals surface area contributed by atoms with Crippen molar-refractivity contribution in [3.05, 3.63) is 11.8 Å². The summed E-state index contributed by atoms with van der Waals surface area (Å²) in [5, 5.41) is 8.96. The van der Waals surface area contributed by atoms with Gasteiger partial charge in [0.25, 0.3) is 0 Å². The van der Waals surface area contributed by atoms with Gasteiger partial charge in [-0.1, -0.05) is 0 Å². The molecule has 0 spiro atoms. The fourth-order valence-corrected chi connectivity index (χ4v) is 2.61. The highest BCUT2D eigenvalue weighted by atomic mass is 16.4. The van der Waals surface area contributed by atoms with E-state index in [1.54, 1.807) is 6.92 Å². The number of hydrogen-bond donors (Lipinski definition) is 1. The van der Waals surface area contributed by atoms with E-state index in [9.17, 15) is 4.79 Å². The van der Waals surface area contributed by atoms with Crippen molar-refractivity contribution in [1.82, 2.24) is 4.90 Å². The third kappa shape index (κ3) is 2.57. The molecule has 1 saturated heterocycles. The minimum absolute atomic E-state index is 0.0401. The van der Waals surface area contributed by atoms with E-state index in [1.807, 2.05) is 6.20 Å². The lowest BCUT2D eigenvalue weighted by Crippen LogP contribution is -2.55. The highest BCUT2D eigenvalue weighted by Gasteiger charge is 2.39. The molecular formula is C13H23NO2. The first kappa shape index (κ1) is 13.1. The molecule has 16 heavy (non-hydrogen) atoms. The van der Waals surface area contributed by atoms with Gasteiger partial charge in [-0.15, -0.1) is 0 Å². The van der Waals surface area contributed by atoms with Crippen LogP contribution in [-0.4, -0.2) is 27.1 Å². The SMILES string of the molecule is CC(=CN1C(C)(C)CCCC1(C)C)C(=O)O. The summed E-state index contributed by atoms with van der Waals surface area (Å²) in [7, 11) is 0. The third-order valence-electron chi connectivity index (χ3n) is 3.54. The molecule has 1 rings (SSSR count). The second kappa shape index (κ2) is 4.11. The zero-order chi connectivity index (χ0) is 12.6. The Kier molecular flexibility index (Phi) is 3.36. The summed E-state index contributed by atoms with van der Waals surface area (Å²) < 4.78 is 0. The molecule has 0 radical (unpaired) electrons. The first-order valence-electron chi connectivity index (χ1n) is 5.88. The van der Waals surface area contributed by atoms with E-state index in [0.717, 1.165) is 12.8 Å². The average Bonchev–Trinajstić information content (AvgIpc) is 2.10. The Bertz CT molecular complexity index is 300. The van der Waals surface area contributed by atoms with Crippen LogP contribution in [0.3, 0.4) is 0 Å². The molecule has 0 unspecified atom stereocenters. The Morgan fingerprint density at radius 3 is 2.00 bits per heavy atom. The number of carboxylic acid groups (broad SMARTS) is 1. The summed E-state index contributed by atoms with van der Waals surface area (Å²) >= 11 is 0. The molecule has 1 fully saturated rings. The fraction of sp³-hybridized carbons (Fsp3) is 0.769. The number of rotatable bonds is 2. The molecule has 0 aromatic carbocycles.